The maximum absolute atomic E-state index is 5.70. The number of ether oxygens (including phenoxy) is 1. The summed E-state index contributed by atoms with van der Waals surface area (Å²) in [6.45, 7) is 5.92. The summed E-state index contributed by atoms with van der Waals surface area (Å²) in [6.07, 6.45) is 2.51. The number of nitrogens with one attached hydrogen (secondary N) is 1. The standard InChI is InChI=1S/C13H17N3OS2/c1-8-9(2)19-7-11(8)12-14-15-13(18)16(12)6-10-4-3-5-17-10/h7,10H,3-6H2,1-2H3,(H,15,18)/t10-/m1/s1. The second-order valence-electron chi connectivity index (χ2n) is 4.93. The van der Waals surface area contributed by atoms with E-state index in [1.165, 1.54) is 16.0 Å². The van der Waals surface area contributed by atoms with Crippen LogP contribution in [0.1, 0.15) is 23.3 Å². The lowest BCUT2D eigenvalue weighted by molar-refractivity contribution is 0.0970. The van der Waals surface area contributed by atoms with Gasteiger partial charge in [0.05, 0.1) is 12.6 Å². The largest absolute Gasteiger partial charge is 0.376 e. The molecule has 0 amide bonds. The van der Waals surface area contributed by atoms with Crippen LogP contribution >= 0.6 is 23.6 Å². The van der Waals surface area contributed by atoms with E-state index in [-0.39, 0.29) is 6.10 Å². The Labute approximate surface area is 121 Å². The Kier molecular flexibility index (Phi) is 3.56. The van der Waals surface area contributed by atoms with E-state index in [1.54, 1.807) is 11.3 Å². The molecule has 6 heteroatoms. The van der Waals surface area contributed by atoms with Gasteiger partial charge in [-0.3, -0.25) is 9.67 Å². The van der Waals surface area contributed by atoms with Crippen LogP contribution in [0.15, 0.2) is 5.38 Å². The molecule has 0 bridgehead atoms. The molecule has 0 unspecified atom stereocenters. The molecule has 0 radical (unpaired) electrons. The summed E-state index contributed by atoms with van der Waals surface area (Å²) < 4.78 is 8.45. The molecule has 1 atom stereocenters. The van der Waals surface area contributed by atoms with Gasteiger partial charge in [-0.1, -0.05) is 0 Å². The Morgan fingerprint density at radius 2 is 2.42 bits per heavy atom. The Morgan fingerprint density at radius 1 is 1.58 bits per heavy atom. The molecule has 102 valence electrons. The first-order chi connectivity index (χ1) is 9.16. The lowest BCUT2D eigenvalue weighted by Gasteiger charge is -2.12. The second-order valence-corrected chi connectivity index (χ2v) is 6.40. The van der Waals surface area contributed by atoms with Gasteiger partial charge in [0.25, 0.3) is 0 Å². The number of hydrogen-bond acceptors (Lipinski definition) is 4. The minimum Gasteiger partial charge on any atom is -0.376 e. The number of aromatic amines is 1. The number of aromatic nitrogens is 3. The molecular weight excluding hydrogens is 278 g/mol. The third-order valence-electron chi connectivity index (χ3n) is 3.70. The molecule has 1 saturated heterocycles. The molecule has 0 spiro atoms. The molecule has 3 heterocycles. The zero-order chi connectivity index (χ0) is 13.4. The topological polar surface area (TPSA) is 42.8 Å². The van der Waals surface area contributed by atoms with Crippen LogP contribution < -0.4 is 0 Å². The molecule has 2 aromatic heterocycles. The summed E-state index contributed by atoms with van der Waals surface area (Å²) in [4.78, 5) is 1.33. The molecule has 1 N–H and O–H groups in total. The van der Waals surface area contributed by atoms with E-state index in [9.17, 15) is 0 Å². The average molecular weight is 295 g/mol. The molecule has 19 heavy (non-hydrogen) atoms. The van der Waals surface area contributed by atoms with E-state index >= 15 is 0 Å². The van der Waals surface area contributed by atoms with Crippen LogP contribution in [0.3, 0.4) is 0 Å². The van der Waals surface area contributed by atoms with Crippen molar-refractivity contribution >= 4 is 23.6 Å². The first-order valence-electron chi connectivity index (χ1n) is 6.48. The highest BCUT2D eigenvalue weighted by Crippen LogP contribution is 2.30. The van der Waals surface area contributed by atoms with Crippen molar-refractivity contribution in [2.45, 2.75) is 39.3 Å². The number of hydrogen-bond donors (Lipinski definition) is 1. The zero-order valence-electron chi connectivity index (χ0n) is 11.1. The van der Waals surface area contributed by atoms with Crippen molar-refractivity contribution in [3.8, 4) is 11.4 Å². The molecule has 0 aromatic carbocycles. The number of aryl methyl sites for hydroxylation is 1. The Balaban J connectivity index is 1.98. The van der Waals surface area contributed by atoms with Crippen molar-refractivity contribution in [3.63, 3.8) is 0 Å². The molecule has 1 fully saturated rings. The van der Waals surface area contributed by atoms with Gasteiger partial charge in [0.1, 0.15) is 0 Å². The lowest BCUT2D eigenvalue weighted by atomic mass is 10.1. The summed E-state index contributed by atoms with van der Waals surface area (Å²) in [5, 5.41) is 9.46. The normalized spacial score (nSPS) is 19.2. The molecule has 0 aliphatic carbocycles. The van der Waals surface area contributed by atoms with Crippen molar-refractivity contribution in [1.82, 2.24) is 14.8 Å². The third-order valence-corrected chi connectivity index (χ3v) is 5.02. The van der Waals surface area contributed by atoms with Crippen LogP contribution in [0.25, 0.3) is 11.4 Å². The van der Waals surface area contributed by atoms with Crippen LogP contribution in [-0.4, -0.2) is 27.5 Å². The number of rotatable bonds is 3. The van der Waals surface area contributed by atoms with E-state index in [0.29, 0.717) is 4.77 Å². The van der Waals surface area contributed by atoms with Gasteiger partial charge >= 0.3 is 0 Å². The van der Waals surface area contributed by atoms with Gasteiger partial charge in [-0.05, 0) is 44.5 Å². The van der Waals surface area contributed by atoms with Gasteiger partial charge in [0.15, 0.2) is 10.6 Å². The number of thiophene rings is 1. The van der Waals surface area contributed by atoms with E-state index in [1.807, 2.05) is 0 Å². The molecule has 2 aromatic rings. The van der Waals surface area contributed by atoms with E-state index in [4.69, 9.17) is 17.0 Å². The highest BCUT2D eigenvalue weighted by atomic mass is 32.1. The fraction of sp³-hybridized carbons (Fsp3) is 0.538. The van der Waals surface area contributed by atoms with Gasteiger partial charge in [0, 0.05) is 22.4 Å². The Bertz CT molecular complexity index is 635. The monoisotopic (exact) mass is 295 g/mol. The predicted molar refractivity (Wildman–Crippen MR) is 79.2 cm³/mol. The Hall–Kier alpha value is -0.980. The SMILES string of the molecule is Cc1scc(-c2n[nH]c(=S)n2C[C@H]2CCCO2)c1C. The third kappa shape index (κ3) is 2.40. The summed E-state index contributed by atoms with van der Waals surface area (Å²) in [5.41, 5.74) is 2.46. The summed E-state index contributed by atoms with van der Waals surface area (Å²) in [7, 11) is 0. The summed E-state index contributed by atoms with van der Waals surface area (Å²) in [5.74, 6) is 0.933. The molecule has 3 rings (SSSR count). The van der Waals surface area contributed by atoms with Gasteiger partial charge in [-0.2, -0.15) is 5.10 Å². The van der Waals surface area contributed by atoms with E-state index in [0.717, 1.165) is 31.8 Å². The van der Waals surface area contributed by atoms with E-state index < -0.39 is 0 Å². The first-order valence-corrected chi connectivity index (χ1v) is 7.77. The molecule has 1 aliphatic rings. The zero-order valence-corrected chi connectivity index (χ0v) is 12.7. The highest BCUT2D eigenvalue weighted by Gasteiger charge is 2.20. The fourth-order valence-corrected chi connectivity index (χ4v) is 3.49. The molecule has 4 nitrogen and oxygen atoms in total. The summed E-state index contributed by atoms with van der Waals surface area (Å²) >= 11 is 7.10. The van der Waals surface area contributed by atoms with Gasteiger partial charge < -0.3 is 4.74 Å². The maximum Gasteiger partial charge on any atom is 0.195 e. The van der Waals surface area contributed by atoms with Crippen molar-refractivity contribution in [3.05, 3.63) is 20.6 Å². The lowest BCUT2D eigenvalue weighted by Crippen LogP contribution is -2.16. The fourth-order valence-electron chi connectivity index (χ4n) is 2.42. The molecular formula is C13H17N3OS2. The minimum absolute atomic E-state index is 0.267. The van der Waals surface area contributed by atoms with Crippen LogP contribution in [0.5, 0.6) is 0 Å². The minimum atomic E-state index is 0.267. The van der Waals surface area contributed by atoms with Crippen molar-refractivity contribution in [2.75, 3.05) is 6.61 Å². The predicted octanol–water partition coefficient (Wildman–Crippen LogP) is 3.47. The van der Waals surface area contributed by atoms with Crippen molar-refractivity contribution < 1.29 is 4.74 Å². The van der Waals surface area contributed by atoms with Crippen LogP contribution in [0.2, 0.25) is 0 Å². The number of nitrogens with zero attached hydrogens (tertiary/aromatic N) is 2. The average Bonchev–Trinajstić information content (AvgIpc) is 3.08. The van der Waals surface area contributed by atoms with Crippen molar-refractivity contribution in [2.24, 2.45) is 0 Å². The quantitative estimate of drug-likeness (QED) is 0.882. The van der Waals surface area contributed by atoms with Crippen LogP contribution in [0, 0.1) is 18.6 Å². The van der Waals surface area contributed by atoms with Gasteiger partial charge in [-0.15, -0.1) is 11.3 Å². The van der Waals surface area contributed by atoms with Crippen molar-refractivity contribution in [1.29, 1.82) is 0 Å². The number of H-pyrrole nitrogens is 1. The van der Waals surface area contributed by atoms with Crippen LogP contribution in [-0.2, 0) is 11.3 Å². The van der Waals surface area contributed by atoms with Crippen LogP contribution in [0.4, 0.5) is 0 Å². The Morgan fingerprint density at radius 3 is 3.05 bits per heavy atom. The molecule has 0 saturated carbocycles. The van der Waals surface area contributed by atoms with Gasteiger partial charge in [0.2, 0.25) is 0 Å². The summed E-state index contributed by atoms with van der Waals surface area (Å²) in [6, 6.07) is 0. The second kappa shape index (κ2) is 5.19. The van der Waals surface area contributed by atoms with Gasteiger partial charge in [-0.25, -0.2) is 0 Å². The molecule has 1 aliphatic heterocycles. The smallest absolute Gasteiger partial charge is 0.195 e. The maximum atomic E-state index is 5.70. The first kappa shape index (κ1) is 13.0. The van der Waals surface area contributed by atoms with E-state index in [2.05, 4.69) is 34.0 Å². The highest BCUT2D eigenvalue weighted by molar-refractivity contribution is 7.71.